The van der Waals surface area contributed by atoms with Crippen LogP contribution >= 0.6 is 24.0 Å². The van der Waals surface area contributed by atoms with Crippen molar-refractivity contribution in [2.24, 2.45) is 4.99 Å². The molecule has 1 amide bonds. The fourth-order valence-electron chi connectivity index (χ4n) is 3.24. The van der Waals surface area contributed by atoms with Gasteiger partial charge in [0.2, 0.25) is 5.91 Å². The van der Waals surface area contributed by atoms with Gasteiger partial charge in [-0.1, -0.05) is 0 Å². The molecular weight excluding hydrogens is 495 g/mol. The van der Waals surface area contributed by atoms with Gasteiger partial charge >= 0.3 is 0 Å². The molecule has 8 nitrogen and oxygen atoms in total. The summed E-state index contributed by atoms with van der Waals surface area (Å²) < 4.78 is 7.02. The fourth-order valence-corrected chi connectivity index (χ4v) is 3.24. The molecule has 0 radical (unpaired) electrons. The highest BCUT2D eigenvalue weighted by atomic mass is 127. The van der Waals surface area contributed by atoms with Crippen molar-refractivity contribution >= 4 is 35.8 Å². The predicted molar refractivity (Wildman–Crippen MR) is 129 cm³/mol. The van der Waals surface area contributed by atoms with E-state index in [4.69, 9.17) is 4.74 Å². The number of aromatic nitrogens is 2. The Bertz CT molecular complexity index is 821. The number of hydrogen-bond acceptors (Lipinski definition) is 4. The Kier molecular flexibility index (Phi) is 9.92. The number of carbonyl (C=O) groups excluding carboxylic acids is 1. The van der Waals surface area contributed by atoms with Crippen LogP contribution in [0.5, 0.6) is 5.75 Å². The number of ether oxygens (including phenoxy) is 1. The molecule has 0 saturated carbocycles. The number of benzene rings is 1. The maximum absolute atomic E-state index is 11.7. The van der Waals surface area contributed by atoms with Gasteiger partial charge in [-0.15, -0.1) is 24.0 Å². The number of carbonyl (C=O) groups is 1. The van der Waals surface area contributed by atoms with Crippen LogP contribution in [-0.2, 0) is 11.3 Å². The second-order valence-electron chi connectivity index (χ2n) is 6.91. The highest BCUT2D eigenvalue weighted by Gasteiger charge is 2.18. The third-order valence-corrected chi connectivity index (χ3v) is 4.79. The summed E-state index contributed by atoms with van der Waals surface area (Å²) in [4.78, 5) is 18.2. The standard InChI is InChI=1S/C21H30N6O2.HI/c1-3-22-21(23-12-5-14-26-13-4-6-20(26)28)24-16-17-11-15-27(25-17)18-7-9-19(29-2)10-8-18;/h7-11,15H,3-6,12-14,16H2,1-2H3,(H2,22,23,24);1H. The Hall–Kier alpha value is -2.30. The van der Waals surface area contributed by atoms with Crippen molar-refractivity contribution in [2.75, 3.05) is 33.3 Å². The van der Waals surface area contributed by atoms with E-state index in [-0.39, 0.29) is 29.9 Å². The van der Waals surface area contributed by atoms with Gasteiger partial charge in [0.25, 0.3) is 0 Å². The minimum absolute atomic E-state index is 0. The number of hydrogen-bond donors (Lipinski definition) is 2. The van der Waals surface area contributed by atoms with Crippen LogP contribution in [-0.4, -0.2) is 59.8 Å². The molecule has 2 heterocycles. The molecule has 0 atom stereocenters. The van der Waals surface area contributed by atoms with Gasteiger partial charge in [-0.3, -0.25) is 4.79 Å². The monoisotopic (exact) mass is 526 g/mol. The van der Waals surface area contributed by atoms with Gasteiger partial charge in [-0.05, 0) is 50.1 Å². The largest absolute Gasteiger partial charge is 0.497 e. The summed E-state index contributed by atoms with van der Waals surface area (Å²) >= 11 is 0. The smallest absolute Gasteiger partial charge is 0.222 e. The molecule has 1 aliphatic heterocycles. The van der Waals surface area contributed by atoms with E-state index < -0.39 is 0 Å². The summed E-state index contributed by atoms with van der Waals surface area (Å²) in [5, 5.41) is 11.2. The molecule has 0 aliphatic carbocycles. The number of nitrogens with zero attached hydrogens (tertiary/aromatic N) is 4. The van der Waals surface area contributed by atoms with E-state index in [1.54, 1.807) is 7.11 Å². The normalized spacial score (nSPS) is 13.9. The quantitative estimate of drug-likeness (QED) is 0.227. The summed E-state index contributed by atoms with van der Waals surface area (Å²) in [6.45, 7) is 5.79. The maximum Gasteiger partial charge on any atom is 0.222 e. The van der Waals surface area contributed by atoms with Gasteiger partial charge in [0.1, 0.15) is 5.75 Å². The van der Waals surface area contributed by atoms with Gasteiger partial charge in [0.05, 0.1) is 25.0 Å². The predicted octanol–water partition coefficient (Wildman–Crippen LogP) is 2.57. The van der Waals surface area contributed by atoms with Gasteiger partial charge < -0.3 is 20.3 Å². The third kappa shape index (κ3) is 6.89. The summed E-state index contributed by atoms with van der Waals surface area (Å²) in [5.41, 5.74) is 1.86. The number of methoxy groups -OCH3 is 1. The Morgan fingerprint density at radius 1 is 1.23 bits per heavy atom. The molecule has 1 aromatic carbocycles. The zero-order chi connectivity index (χ0) is 20.5. The molecule has 0 spiro atoms. The molecular formula is C21H31IN6O2. The summed E-state index contributed by atoms with van der Waals surface area (Å²) in [6.07, 6.45) is 4.52. The van der Waals surface area contributed by atoms with Gasteiger partial charge in [-0.2, -0.15) is 5.10 Å². The van der Waals surface area contributed by atoms with Crippen LogP contribution in [0, 0.1) is 0 Å². The summed E-state index contributed by atoms with van der Waals surface area (Å²) in [5.74, 6) is 1.86. The zero-order valence-electron chi connectivity index (χ0n) is 17.6. The Balaban J connectivity index is 0.00000320. The second kappa shape index (κ2) is 12.4. The Morgan fingerprint density at radius 2 is 2.03 bits per heavy atom. The van der Waals surface area contributed by atoms with Crippen LogP contribution < -0.4 is 15.4 Å². The minimum Gasteiger partial charge on any atom is -0.497 e. The molecule has 164 valence electrons. The van der Waals surface area contributed by atoms with E-state index in [2.05, 4.69) is 20.7 Å². The SMILES string of the molecule is CCNC(=NCc1ccn(-c2ccc(OC)cc2)n1)NCCCN1CCCC1=O.I. The van der Waals surface area contributed by atoms with Crippen LogP contribution in [0.3, 0.4) is 0 Å². The highest BCUT2D eigenvalue weighted by molar-refractivity contribution is 14.0. The van der Waals surface area contributed by atoms with E-state index in [0.717, 1.165) is 62.1 Å². The van der Waals surface area contributed by atoms with Gasteiger partial charge in [0.15, 0.2) is 5.96 Å². The first kappa shape index (κ1) is 24.0. The molecule has 1 saturated heterocycles. The first-order chi connectivity index (χ1) is 14.2. The molecule has 2 N–H and O–H groups in total. The lowest BCUT2D eigenvalue weighted by atomic mass is 10.3. The van der Waals surface area contributed by atoms with Crippen molar-refractivity contribution in [1.82, 2.24) is 25.3 Å². The minimum atomic E-state index is 0. The summed E-state index contributed by atoms with van der Waals surface area (Å²) in [7, 11) is 1.65. The fraction of sp³-hybridized carbons (Fsp3) is 0.476. The average molecular weight is 526 g/mol. The van der Waals surface area contributed by atoms with Crippen LogP contribution in [0.1, 0.15) is 31.9 Å². The number of halogens is 1. The number of aliphatic imine (C=N–C) groups is 1. The van der Waals surface area contributed by atoms with Crippen LogP contribution in [0.2, 0.25) is 0 Å². The first-order valence-corrected chi connectivity index (χ1v) is 10.2. The van der Waals surface area contributed by atoms with E-state index in [1.807, 2.05) is 53.0 Å². The lowest BCUT2D eigenvalue weighted by Gasteiger charge is -2.16. The number of guanidine groups is 1. The van der Waals surface area contributed by atoms with Crippen molar-refractivity contribution in [2.45, 2.75) is 32.7 Å². The van der Waals surface area contributed by atoms with Crippen LogP contribution in [0.4, 0.5) is 0 Å². The molecule has 1 aliphatic rings. The number of likely N-dealkylation sites (tertiary alicyclic amines) is 1. The molecule has 9 heteroatoms. The number of rotatable bonds is 9. The van der Waals surface area contributed by atoms with Crippen LogP contribution in [0.15, 0.2) is 41.5 Å². The third-order valence-electron chi connectivity index (χ3n) is 4.79. The summed E-state index contributed by atoms with van der Waals surface area (Å²) in [6, 6.07) is 9.73. The maximum atomic E-state index is 11.7. The van der Waals surface area contributed by atoms with Crippen molar-refractivity contribution in [3.8, 4) is 11.4 Å². The molecule has 30 heavy (non-hydrogen) atoms. The Morgan fingerprint density at radius 3 is 2.70 bits per heavy atom. The van der Waals surface area contributed by atoms with E-state index >= 15 is 0 Å². The lowest BCUT2D eigenvalue weighted by Crippen LogP contribution is -2.39. The van der Waals surface area contributed by atoms with Gasteiger partial charge in [-0.25, -0.2) is 9.67 Å². The topological polar surface area (TPSA) is 83.8 Å². The number of amides is 1. The average Bonchev–Trinajstić information content (AvgIpc) is 3.38. The van der Waals surface area contributed by atoms with Crippen LogP contribution in [0.25, 0.3) is 5.69 Å². The second-order valence-corrected chi connectivity index (χ2v) is 6.91. The van der Waals surface area contributed by atoms with Crippen molar-refractivity contribution in [3.05, 3.63) is 42.2 Å². The number of nitrogens with one attached hydrogen (secondary N) is 2. The van der Waals surface area contributed by atoms with E-state index in [0.29, 0.717) is 13.0 Å². The molecule has 3 rings (SSSR count). The molecule has 1 aromatic heterocycles. The lowest BCUT2D eigenvalue weighted by molar-refractivity contribution is -0.127. The van der Waals surface area contributed by atoms with Gasteiger partial charge in [0, 0.05) is 38.8 Å². The highest BCUT2D eigenvalue weighted by Crippen LogP contribution is 2.14. The van der Waals surface area contributed by atoms with Crippen molar-refractivity contribution in [3.63, 3.8) is 0 Å². The first-order valence-electron chi connectivity index (χ1n) is 10.2. The van der Waals surface area contributed by atoms with E-state index in [9.17, 15) is 4.79 Å². The molecule has 0 bridgehead atoms. The van der Waals surface area contributed by atoms with E-state index in [1.165, 1.54) is 0 Å². The molecule has 2 aromatic rings. The van der Waals surface area contributed by atoms with Crippen molar-refractivity contribution < 1.29 is 9.53 Å². The Labute approximate surface area is 195 Å². The molecule has 0 unspecified atom stereocenters. The zero-order valence-corrected chi connectivity index (χ0v) is 20.0. The molecule has 1 fully saturated rings. The van der Waals surface area contributed by atoms with Crippen molar-refractivity contribution in [1.29, 1.82) is 0 Å².